The maximum atomic E-state index is 13.1. The number of nitrogens with two attached hydrogens (primary N) is 1. The van der Waals surface area contributed by atoms with Crippen LogP contribution >= 0.6 is 23.2 Å². The zero-order valence-corrected chi connectivity index (χ0v) is 16.2. The molecule has 0 aliphatic heterocycles. The molecule has 0 atom stereocenters. The summed E-state index contributed by atoms with van der Waals surface area (Å²) in [7, 11) is -4.25. The Kier molecular flexibility index (Phi) is 6.26. The molecule has 0 heterocycles. The number of benzene rings is 2. The van der Waals surface area contributed by atoms with Crippen molar-refractivity contribution in [3.63, 3.8) is 0 Å². The van der Waals surface area contributed by atoms with Gasteiger partial charge in [-0.05, 0) is 36.8 Å². The second kappa shape index (κ2) is 8.09. The van der Waals surface area contributed by atoms with Crippen molar-refractivity contribution < 1.29 is 18.1 Å². The van der Waals surface area contributed by atoms with E-state index >= 15 is 0 Å². The van der Waals surface area contributed by atoms with Crippen molar-refractivity contribution in [1.82, 2.24) is 5.43 Å². The summed E-state index contributed by atoms with van der Waals surface area (Å²) in [6, 6.07) is 7.27. The number of nitro groups is 1. The van der Waals surface area contributed by atoms with E-state index in [1.807, 2.05) is 5.43 Å². The first-order valence-electron chi connectivity index (χ1n) is 7.30. The van der Waals surface area contributed by atoms with Gasteiger partial charge in [0.25, 0.3) is 21.6 Å². The lowest BCUT2D eigenvalue weighted by Crippen LogP contribution is -2.43. The number of non-ortho nitro benzene ring substituents is 1. The van der Waals surface area contributed by atoms with Crippen LogP contribution in [-0.2, 0) is 14.8 Å². The first-order chi connectivity index (χ1) is 12.6. The molecule has 2 aromatic rings. The molecule has 0 spiro atoms. The minimum Gasteiger partial charge on any atom is -0.293 e. The molecular formula is C15H14Cl2N4O5S. The third-order valence-corrected chi connectivity index (χ3v) is 6.08. The molecule has 0 aliphatic carbocycles. The molecule has 12 heteroatoms. The monoisotopic (exact) mass is 432 g/mol. The van der Waals surface area contributed by atoms with Gasteiger partial charge in [0.2, 0.25) is 0 Å². The van der Waals surface area contributed by atoms with Gasteiger partial charge in [-0.1, -0.05) is 23.2 Å². The lowest BCUT2D eigenvalue weighted by molar-refractivity contribution is -0.384. The van der Waals surface area contributed by atoms with Crippen molar-refractivity contribution in [2.75, 3.05) is 10.8 Å². The first kappa shape index (κ1) is 20.9. The Bertz CT molecular complexity index is 1010. The van der Waals surface area contributed by atoms with Crippen LogP contribution in [0.5, 0.6) is 0 Å². The van der Waals surface area contributed by atoms with E-state index in [2.05, 4.69) is 0 Å². The molecule has 0 aromatic heterocycles. The fourth-order valence-corrected chi connectivity index (χ4v) is 4.15. The highest BCUT2D eigenvalue weighted by Crippen LogP contribution is 2.31. The number of anilines is 1. The van der Waals surface area contributed by atoms with Crippen molar-refractivity contribution in [1.29, 1.82) is 0 Å². The topological polar surface area (TPSA) is 136 Å². The van der Waals surface area contributed by atoms with Crippen LogP contribution in [0.3, 0.4) is 0 Å². The van der Waals surface area contributed by atoms with Crippen molar-refractivity contribution >= 4 is 50.5 Å². The summed E-state index contributed by atoms with van der Waals surface area (Å²) in [5.74, 6) is 4.30. The predicted octanol–water partition coefficient (Wildman–Crippen LogP) is 2.40. The Hall–Kier alpha value is -2.40. The number of aryl methyl sites for hydroxylation is 1. The van der Waals surface area contributed by atoms with Gasteiger partial charge in [-0.25, -0.2) is 14.3 Å². The van der Waals surface area contributed by atoms with Gasteiger partial charge in [-0.15, -0.1) is 0 Å². The molecule has 1 amide bonds. The molecular weight excluding hydrogens is 419 g/mol. The van der Waals surface area contributed by atoms with Gasteiger partial charge in [0.05, 0.1) is 25.6 Å². The average molecular weight is 433 g/mol. The Morgan fingerprint density at radius 2 is 1.89 bits per heavy atom. The summed E-state index contributed by atoms with van der Waals surface area (Å²) in [6.45, 7) is 0.845. The third kappa shape index (κ3) is 4.48. The standard InChI is InChI=1S/C15H14Cl2N4O5S/c1-9-6-10(21(23)24)2-5-14(9)20(8-15(22)19-18)27(25,26)11-3-4-12(16)13(17)7-11/h2-7H,8,18H2,1H3,(H,19,22). The number of hydrazine groups is 1. The van der Waals surface area contributed by atoms with Gasteiger partial charge < -0.3 is 0 Å². The number of hydrogen-bond acceptors (Lipinski definition) is 6. The molecule has 0 saturated heterocycles. The minimum atomic E-state index is -4.25. The van der Waals surface area contributed by atoms with Gasteiger partial charge in [0.1, 0.15) is 6.54 Å². The van der Waals surface area contributed by atoms with E-state index < -0.39 is 27.4 Å². The van der Waals surface area contributed by atoms with Crippen LogP contribution in [0.1, 0.15) is 5.56 Å². The van der Waals surface area contributed by atoms with Gasteiger partial charge in [0, 0.05) is 12.1 Å². The molecule has 2 rings (SSSR count). The predicted molar refractivity (Wildman–Crippen MR) is 101 cm³/mol. The van der Waals surface area contributed by atoms with Crippen LogP contribution in [0, 0.1) is 17.0 Å². The molecule has 2 aromatic carbocycles. The lowest BCUT2D eigenvalue weighted by Gasteiger charge is -2.25. The van der Waals surface area contributed by atoms with Crippen LogP contribution in [0.15, 0.2) is 41.3 Å². The van der Waals surface area contributed by atoms with E-state index in [0.29, 0.717) is 0 Å². The van der Waals surface area contributed by atoms with E-state index in [1.54, 1.807) is 0 Å². The highest BCUT2D eigenvalue weighted by Gasteiger charge is 2.29. The normalized spacial score (nSPS) is 11.1. The summed E-state index contributed by atoms with van der Waals surface area (Å²) in [5, 5.41) is 11.1. The Morgan fingerprint density at radius 1 is 1.22 bits per heavy atom. The van der Waals surface area contributed by atoms with Gasteiger partial charge in [0.15, 0.2) is 0 Å². The maximum absolute atomic E-state index is 13.1. The number of amides is 1. The highest BCUT2D eigenvalue weighted by atomic mass is 35.5. The third-order valence-electron chi connectivity index (χ3n) is 3.59. The fourth-order valence-electron chi connectivity index (χ4n) is 2.27. The van der Waals surface area contributed by atoms with Crippen LogP contribution in [0.2, 0.25) is 10.0 Å². The quantitative estimate of drug-likeness (QED) is 0.311. The van der Waals surface area contributed by atoms with Gasteiger partial charge in [-0.3, -0.25) is 24.6 Å². The first-order valence-corrected chi connectivity index (χ1v) is 9.49. The molecule has 27 heavy (non-hydrogen) atoms. The Labute approximate surface area is 164 Å². The van der Waals surface area contributed by atoms with Crippen molar-refractivity contribution in [3.8, 4) is 0 Å². The number of halogens is 2. The largest absolute Gasteiger partial charge is 0.293 e. The SMILES string of the molecule is Cc1cc([N+](=O)[O-])ccc1N(CC(=O)NN)S(=O)(=O)c1ccc(Cl)c(Cl)c1. The molecule has 9 nitrogen and oxygen atoms in total. The fraction of sp³-hybridized carbons (Fsp3) is 0.133. The van der Waals surface area contributed by atoms with Gasteiger partial charge in [-0.2, -0.15) is 0 Å². The highest BCUT2D eigenvalue weighted by molar-refractivity contribution is 7.92. The lowest BCUT2D eigenvalue weighted by atomic mass is 10.2. The average Bonchev–Trinajstić information content (AvgIpc) is 2.61. The summed E-state index contributed by atoms with van der Waals surface area (Å²) < 4.78 is 27.0. The van der Waals surface area contributed by atoms with Crippen LogP contribution in [0.25, 0.3) is 0 Å². The molecule has 0 aliphatic rings. The molecule has 0 bridgehead atoms. The number of carbonyl (C=O) groups is 1. The minimum absolute atomic E-state index is 0.0152. The van der Waals surface area contributed by atoms with Crippen molar-refractivity contribution in [2.45, 2.75) is 11.8 Å². The Morgan fingerprint density at radius 3 is 2.41 bits per heavy atom. The number of nitro benzene ring substituents is 1. The number of rotatable bonds is 6. The number of carbonyl (C=O) groups excluding carboxylic acids is 1. The number of nitrogens with one attached hydrogen (secondary N) is 1. The number of hydrogen-bond donors (Lipinski definition) is 2. The summed E-state index contributed by atoms with van der Waals surface area (Å²) in [5.41, 5.74) is 2.00. The van der Waals surface area contributed by atoms with E-state index in [9.17, 15) is 23.3 Å². The summed E-state index contributed by atoms with van der Waals surface area (Å²) in [4.78, 5) is 21.9. The van der Waals surface area contributed by atoms with Crippen molar-refractivity contribution in [2.24, 2.45) is 5.84 Å². The van der Waals surface area contributed by atoms with E-state index in [4.69, 9.17) is 29.0 Å². The molecule has 0 saturated carbocycles. The molecule has 3 N–H and O–H groups in total. The van der Waals surface area contributed by atoms with Crippen LogP contribution in [0.4, 0.5) is 11.4 Å². The number of nitrogens with zero attached hydrogens (tertiary/aromatic N) is 2. The second-order valence-electron chi connectivity index (χ2n) is 5.38. The molecule has 144 valence electrons. The zero-order valence-electron chi connectivity index (χ0n) is 13.8. The van der Waals surface area contributed by atoms with Crippen molar-refractivity contribution in [3.05, 3.63) is 62.1 Å². The van der Waals surface area contributed by atoms with E-state index in [1.165, 1.54) is 31.2 Å². The summed E-state index contributed by atoms with van der Waals surface area (Å²) in [6.07, 6.45) is 0. The molecule has 0 fully saturated rings. The smallest absolute Gasteiger partial charge is 0.269 e. The Balaban J connectivity index is 2.62. The van der Waals surface area contributed by atoms with Gasteiger partial charge >= 0.3 is 0 Å². The number of sulfonamides is 1. The van der Waals surface area contributed by atoms with E-state index in [-0.39, 0.29) is 31.9 Å². The maximum Gasteiger partial charge on any atom is 0.269 e. The summed E-state index contributed by atoms with van der Waals surface area (Å²) >= 11 is 11.7. The molecule has 0 unspecified atom stereocenters. The van der Waals surface area contributed by atoms with E-state index in [0.717, 1.165) is 16.4 Å². The zero-order chi connectivity index (χ0) is 20.4. The second-order valence-corrected chi connectivity index (χ2v) is 8.06. The molecule has 0 radical (unpaired) electrons. The van der Waals surface area contributed by atoms with Crippen LogP contribution in [-0.4, -0.2) is 25.8 Å². The van der Waals surface area contributed by atoms with Crippen LogP contribution < -0.4 is 15.6 Å².